The summed E-state index contributed by atoms with van der Waals surface area (Å²) < 4.78 is 25.9. The Morgan fingerprint density at radius 1 is 1.18 bits per heavy atom. The molecule has 0 radical (unpaired) electrons. The fourth-order valence-electron chi connectivity index (χ4n) is 3.87. The van der Waals surface area contributed by atoms with Crippen molar-refractivity contribution in [3.8, 4) is 11.3 Å². The number of aromatic amines is 1. The Morgan fingerprint density at radius 2 is 1.88 bits per heavy atom. The second-order valence-electron chi connectivity index (χ2n) is 8.61. The van der Waals surface area contributed by atoms with Crippen LogP contribution in [-0.4, -0.2) is 47.9 Å². The van der Waals surface area contributed by atoms with Crippen molar-refractivity contribution in [1.82, 2.24) is 15.5 Å². The van der Waals surface area contributed by atoms with Crippen LogP contribution in [0.3, 0.4) is 0 Å². The molecule has 2 aliphatic carbocycles. The number of nitrogens with zero attached hydrogens (tertiary/aromatic N) is 1. The highest BCUT2D eigenvalue weighted by Crippen LogP contribution is 2.29. The lowest BCUT2D eigenvalue weighted by Gasteiger charge is -2.17. The third-order valence-electron chi connectivity index (χ3n) is 5.56. The molecule has 2 aliphatic rings. The molecule has 1 saturated carbocycles. The number of benzene rings is 1. The Balaban J connectivity index is 0.000000555. The van der Waals surface area contributed by atoms with E-state index in [1.54, 1.807) is 0 Å². The van der Waals surface area contributed by atoms with E-state index in [9.17, 15) is 18.0 Å². The highest BCUT2D eigenvalue weighted by Gasteiger charge is 2.20. The van der Waals surface area contributed by atoms with Gasteiger partial charge in [-0.05, 0) is 75.6 Å². The summed E-state index contributed by atoms with van der Waals surface area (Å²) in [5.41, 5.74) is 4.39. The number of carbonyl (C=O) groups excluding carboxylic acids is 1. The molecule has 2 aromatic rings. The van der Waals surface area contributed by atoms with Gasteiger partial charge in [-0.3, -0.25) is 14.1 Å². The third kappa shape index (κ3) is 8.71. The maximum Gasteiger partial charge on any atom is 0.267 e. The van der Waals surface area contributed by atoms with Crippen LogP contribution in [0.25, 0.3) is 11.3 Å². The Hall–Kier alpha value is -2.56. The quantitative estimate of drug-likeness (QED) is 0.339. The van der Waals surface area contributed by atoms with Gasteiger partial charge in [-0.1, -0.05) is 12.1 Å². The van der Waals surface area contributed by atoms with E-state index in [0.717, 1.165) is 79.2 Å². The van der Waals surface area contributed by atoms with Gasteiger partial charge in [0.2, 0.25) is 5.91 Å². The standard InChI is InChI=1S/C22H28N4O2.CH4O3S/c27-20(10-3-4-13-23-16-11-12-16)24-17-7-5-6-15(14-17)21-18-8-1-2-9-19(18)22(28)26-25-21;1-5(2,3)4/h5-7,14,16,23H,1-4,8-13H2,(H,24,27)(H,26,28);1H3,(H,2,3,4). The molecule has 0 saturated heterocycles. The number of rotatable bonds is 8. The second kappa shape index (κ2) is 11.5. The van der Waals surface area contributed by atoms with Crippen LogP contribution in [0.5, 0.6) is 0 Å². The number of aromatic nitrogens is 2. The van der Waals surface area contributed by atoms with E-state index in [1.165, 1.54) is 12.8 Å². The SMILES string of the molecule is CS(=O)(=O)O.O=C(CCCCNC1CC1)Nc1cccc(-c2n[nH]c(=O)c3c2CCCC3)c1. The summed E-state index contributed by atoms with van der Waals surface area (Å²) in [6.07, 6.45) is 9.57. The van der Waals surface area contributed by atoms with E-state index in [1.807, 2.05) is 24.3 Å². The molecule has 0 bridgehead atoms. The third-order valence-corrected chi connectivity index (χ3v) is 5.56. The largest absolute Gasteiger partial charge is 0.326 e. The van der Waals surface area contributed by atoms with E-state index in [2.05, 4.69) is 20.8 Å². The molecule has 180 valence electrons. The normalized spacial score (nSPS) is 15.2. The predicted molar refractivity (Wildman–Crippen MR) is 128 cm³/mol. The van der Waals surface area contributed by atoms with Crippen LogP contribution in [0, 0.1) is 0 Å². The highest BCUT2D eigenvalue weighted by molar-refractivity contribution is 7.85. The Kier molecular flexibility index (Phi) is 8.76. The zero-order valence-corrected chi connectivity index (χ0v) is 19.7. The van der Waals surface area contributed by atoms with Crippen LogP contribution >= 0.6 is 0 Å². The monoisotopic (exact) mass is 476 g/mol. The summed E-state index contributed by atoms with van der Waals surface area (Å²) in [7, 11) is -3.67. The Morgan fingerprint density at radius 3 is 2.58 bits per heavy atom. The summed E-state index contributed by atoms with van der Waals surface area (Å²) in [6, 6.07) is 8.47. The van der Waals surface area contributed by atoms with Crippen molar-refractivity contribution in [2.45, 2.75) is 63.8 Å². The van der Waals surface area contributed by atoms with Crippen LogP contribution < -0.4 is 16.2 Å². The van der Waals surface area contributed by atoms with Gasteiger partial charge in [-0.15, -0.1) is 0 Å². The molecule has 0 unspecified atom stereocenters. The van der Waals surface area contributed by atoms with Crippen molar-refractivity contribution in [2.24, 2.45) is 0 Å². The smallest absolute Gasteiger partial charge is 0.267 e. The first-order chi connectivity index (χ1) is 15.7. The van der Waals surface area contributed by atoms with E-state index < -0.39 is 10.1 Å². The van der Waals surface area contributed by atoms with E-state index >= 15 is 0 Å². The number of nitrogens with one attached hydrogen (secondary N) is 3. The minimum Gasteiger partial charge on any atom is -0.326 e. The molecule has 9 nitrogen and oxygen atoms in total. The average molecular weight is 477 g/mol. The zero-order valence-electron chi connectivity index (χ0n) is 18.9. The number of amides is 1. The zero-order chi connectivity index (χ0) is 23.8. The van der Waals surface area contributed by atoms with Gasteiger partial charge >= 0.3 is 0 Å². The second-order valence-corrected chi connectivity index (χ2v) is 10.1. The minimum absolute atomic E-state index is 0.0417. The fraction of sp³-hybridized carbons (Fsp3) is 0.522. The molecular formula is C23H32N4O5S. The van der Waals surface area contributed by atoms with Gasteiger partial charge in [0.1, 0.15) is 0 Å². The molecule has 1 amide bonds. The molecule has 4 N–H and O–H groups in total. The summed E-state index contributed by atoms with van der Waals surface area (Å²) in [5.74, 6) is 0.0417. The molecule has 0 aliphatic heterocycles. The van der Waals surface area contributed by atoms with Crippen LogP contribution in [0.15, 0.2) is 29.1 Å². The lowest BCUT2D eigenvalue weighted by atomic mass is 9.90. The van der Waals surface area contributed by atoms with Crippen LogP contribution in [-0.2, 0) is 27.8 Å². The van der Waals surface area contributed by atoms with Gasteiger partial charge in [0, 0.05) is 29.3 Å². The summed E-state index contributed by atoms with van der Waals surface area (Å²) in [5, 5.41) is 13.4. The van der Waals surface area contributed by atoms with Gasteiger partial charge in [-0.2, -0.15) is 13.5 Å². The number of H-pyrrole nitrogens is 1. The first-order valence-corrected chi connectivity index (χ1v) is 13.2. The average Bonchev–Trinajstić information content (AvgIpc) is 3.57. The van der Waals surface area contributed by atoms with Gasteiger partial charge in [0.15, 0.2) is 0 Å². The fourth-order valence-corrected chi connectivity index (χ4v) is 3.87. The maximum absolute atomic E-state index is 12.3. The van der Waals surface area contributed by atoms with Crippen molar-refractivity contribution in [3.63, 3.8) is 0 Å². The van der Waals surface area contributed by atoms with Crippen molar-refractivity contribution in [1.29, 1.82) is 0 Å². The molecule has 4 rings (SSSR count). The molecule has 1 fully saturated rings. The van der Waals surface area contributed by atoms with Gasteiger partial charge in [-0.25, -0.2) is 5.10 Å². The summed E-state index contributed by atoms with van der Waals surface area (Å²) in [6.45, 7) is 0.996. The van der Waals surface area contributed by atoms with E-state index in [-0.39, 0.29) is 11.5 Å². The molecule has 1 aromatic carbocycles. The molecule has 10 heteroatoms. The first kappa shape index (κ1) is 25.1. The molecule has 1 heterocycles. The first-order valence-electron chi connectivity index (χ1n) is 11.4. The molecule has 33 heavy (non-hydrogen) atoms. The summed E-state index contributed by atoms with van der Waals surface area (Å²) >= 11 is 0. The Labute approximate surface area is 194 Å². The minimum atomic E-state index is -3.67. The number of hydrogen-bond acceptors (Lipinski definition) is 6. The van der Waals surface area contributed by atoms with E-state index in [0.29, 0.717) is 12.7 Å². The van der Waals surface area contributed by atoms with E-state index in [4.69, 9.17) is 4.55 Å². The number of unbranched alkanes of at least 4 members (excludes halogenated alkanes) is 1. The number of carbonyl (C=O) groups is 1. The van der Waals surface area contributed by atoms with Gasteiger partial charge in [0.25, 0.3) is 15.7 Å². The highest BCUT2D eigenvalue weighted by atomic mass is 32.2. The summed E-state index contributed by atoms with van der Waals surface area (Å²) in [4.78, 5) is 24.3. The maximum atomic E-state index is 12.3. The van der Waals surface area contributed by atoms with Crippen LogP contribution in [0.1, 0.15) is 56.1 Å². The Bertz CT molecular complexity index is 1120. The van der Waals surface area contributed by atoms with Crippen LogP contribution in [0.2, 0.25) is 0 Å². The topological polar surface area (TPSA) is 141 Å². The van der Waals surface area contributed by atoms with Crippen molar-refractivity contribution >= 4 is 21.7 Å². The predicted octanol–water partition coefficient (Wildman–Crippen LogP) is 2.68. The van der Waals surface area contributed by atoms with Crippen LogP contribution in [0.4, 0.5) is 5.69 Å². The lowest BCUT2D eigenvalue weighted by Crippen LogP contribution is -2.21. The lowest BCUT2D eigenvalue weighted by molar-refractivity contribution is -0.116. The molecule has 0 spiro atoms. The molecule has 0 atom stereocenters. The van der Waals surface area contributed by atoms with Crippen molar-refractivity contribution < 1.29 is 17.8 Å². The number of hydrogen-bond donors (Lipinski definition) is 4. The number of fused-ring (bicyclic) bond motifs is 1. The number of anilines is 1. The van der Waals surface area contributed by atoms with Gasteiger partial charge < -0.3 is 10.6 Å². The molecular weight excluding hydrogens is 444 g/mol. The molecule has 1 aromatic heterocycles. The van der Waals surface area contributed by atoms with Crippen molar-refractivity contribution in [2.75, 3.05) is 18.1 Å². The van der Waals surface area contributed by atoms with Gasteiger partial charge in [0.05, 0.1) is 11.9 Å². The van der Waals surface area contributed by atoms with Crippen molar-refractivity contribution in [3.05, 3.63) is 45.7 Å².